The van der Waals surface area contributed by atoms with Gasteiger partial charge in [0.05, 0.1) is 11.0 Å². The highest BCUT2D eigenvalue weighted by atomic mass is 32.2. The normalized spacial score (nSPS) is 12.8. The average molecular weight is 284 g/mol. The maximum Gasteiger partial charge on any atom is 0.216 e. The van der Waals surface area contributed by atoms with Crippen LogP contribution in [0.15, 0.2) is 34.4 Å². The topological polar surface area (TPSA) is 68.5 Å². The first-order chi connectivity index (χ1) is 9.85. The van der Waals surface area contributed by atoms with Crippen LogP contribution in [0.1, 0.15) is 19.2 Å². The Morgan fingerprint density at radius 3 is 2.75 bits per heavy atom. The zero-order chi connectivity index (χ0) is 13.5. The van der Waals surface area contributed by atoms with Gasteiger partial charge in [0, 0.05) is 6.42 Å². The van der Waals surface area contributed by atoms with Gasteiger partial charge in [-0.3, -0.25) is 5.43 Å². The molecule has 6 nitrogen and oxygen atoms in total. The summed E-state index contributed by atoms with van der Waals surface area (Å²) in [4.78, 5) is 9.25. The van der Waals surface area contributed by atoms with Crippen LogP contribution in [0.2, 0.25) is 0 Å². The van der Waals surface area contributed by atoms with E-state index in [4.69, 9.17) is 0 Å². The first-order valence-electron chi connectivity index (χ1n) is 6.51. The second-order valence-corrected chi connectivity index (χ2v) is 5.52. The van der Waals surface area contributed by atoms with E-state index in [0.717, 1.165) is 45.7 Å². The van der Waals surface area contributed by atoms with E-state index in [2.05, 4.69) is 32.5 Å². The predicted octanol–water partition coefficient (Wildman–Crippen LogP) is 2.51. The van der Waals surface area contributed by atoms with E-state index in [9.17, 15) is 0 Å². The van der Waals surface area contributed by atoms with Gasteiger partial charge >= 0.3 is 0 Å². The van der Waals surface area contributed by atoms with Crippen molar-refractivity contribution in [2.75, 3.05) is 5.43 Å². The minimum absolute atomic E-state index is 0.762. The summed E-state index contributed by atoms with van der Waals surface area (Å²) in [5, 5.41) is 10.1. The highest BCUT2D eigenvalue weighted by Gasteiger charge is 2.23. The van der Waals surface area contributed by atoms with Gasteiger partial charge in [-0.15, -0.1) is 10.2 Å². The molecule has 0 unspecified atom stereocenters. The van der Waals surface area contributed by atoms with Crippen molar-refractivity contribution < 1.29 is 0 Å². The van der Waals surface area contributed by atoms with Gasteiger partial charge in [0.15, 0.2) is 11.6 Å². The number of nitrogens with one attached hydrogen (secondary N) is 1. The number of hydrogen-bond donors (Lipinski definition) is 1. The summed E-state index contributed by atoms with van der Waals surface area (Å²) in [6.07, 6.45) is 1.91. The third-order valence-corrected chi connectivity index (χ3v) is 4.04. The van der Waals surface area contributed by atoms with E-state index < -0.39 is 0 Å². The Labute approximate surface area is 119 Å². The zero-order valence-electron chi connectivity index (χ0n) is 10.9. The average Bonchev–Trinajstić information content (AvgIpc) is 2.85. The lowest BCUT2D eigenvalue weighted by molar-refractivity contribution is 0.723. The van der Waals surface area contributed by atoms with Gasteiger partial charge in [-0.1, -0.05) is 19.1 Å². The van der Waals surface area contributed by atoms with Crippen LogP contribution in [-0.4, -0.2) is 24.8 Å². The molecule has 4 rings (SSSR count). The van der Waals surface area contributed by atoms with Crippen molar-refractivity contribution in [2.24, 2.45) is 0 Å². The molecule has 100 valence electrons. The molecule has 3 heterocycles. The van der Waals surface area contributed by atoms with E-state index in [-0.39, 0.29) is 0 Å². The molecule has 1 aliphatic heterocycles. The molecule has 0 spiro atoms. The number of rotatable bonds is 2. The maximum atomic E-state index is 4.63. The van der Waals surface area contributed by atoms with Crippen LogP contribution in [0.4, 0.5) is 5.82 Å². The minimum Gasteiger partial charge on any atom is -0.272 e. The molecule has 2 aromatic heterocycles. The lowest BCUT2D eigenvalue weighted by atomic mass is 10.3. The van der Waals surface area contributed by atoms with E-state index in [0.29, 0.717) is 0 Å². The number of fused-ring (bicyclic) bond motifs is 3. The monoisotopic (exact) mass is 284 g/mol. The highest BCUT2D eigenvalue weighted by molar-refractivity contribution is 7.99. The van der Waals surface area contributed by atoms with Crippen molar-refractivity contribution >= 4 is 28.6 Å². The Hall–Kier alpha value is -2.15. The van der Waals surface area contributed by atoms with Crippen molar-refractivity contribution in [1.29, 1.82) is 0 Å². The second-order valence-electron chi connectivity index (χ2n) is 4.56. The summed E-state index contributed by atoms with van der Waals surface area (Å²) in [7, 11) is 0. The van der Waals surface area contributed by atoms with Crippen molar-refractivity contribution in [3.63, 3.8) is 0 Å². The maximum absolute atomic E-state index is 4.63. The number of para-hydroxylation sites is 2. The van der Waals surface area contributed by atoms with E-state index in [1.165, 1.54) is 11.8 Å². The molecular formula is C13H12N6S. The largest absolute Gasteiger partial charge is 0.272 e. The predicted molar refractivity (Wildman–Crippen MR) is 76.7 cm³/mol. The quantitative estimate of drug-likeness (QED) is 0.610. The fourth-order valence-electron chi connectivity index (χ4n) is 2.18. The van der Waals surface area contributed by atoms with Crippen LogP contribution in [0.3, 0.4) is 0 Å². The molecule has 20 heavy (non-hydrogen) atoms. The lowest BCUT2D eigenvalue weighted by Crippen LogP contribution is -2.19. The Kier molecular flexibility index (Phi) is 2.59. The zero-order valence-corrected chi connectivity index (χ0v) is 11.7. The van der Waals surface area contributed by atoms with Gasteiger partial charge in [0.2, 0.25) is 5.16 Å². The minimum atomic E-state index is 0.762. The van der Waals surface area contributed by atoms with Crippen LogP contribution in [-0.2, 0) is 6.42 Å². The van der Waals surface area contributed by atoms with Crippen molar-refractivity contribution in [3.05, 3.63) is 30.1 Å². The number of aromatic nitrogens is 5. The van der Waals surface area contributed by atoms with E-state index in [1.807, 2.05) is 28.9 Å². The smallest absolute Gasteiger partial charge is 0.216 e. The van der Waals surface area contributed by atoms with Gasteiger partial charge in [-0.25, -0.2) is 14.6 Å². The van der Waals surface area contributed by atoms with E-state index in [1.54, 1.807) is 0 Å². The Bertz CT molecular complexity index is 797. The number of aryl methyl sites for hydroxylation is 1. The molecule has 1 aliphatic rings. The Balaban J connectivity index is 1.82. The van der Waals surface area contributed by atoms with Crippen molar-refractivity contribution in [1.82, 2.24) is 24.8 Å². The summed E-state index contributed by atoms with van der Waals surface area (Å²) in [5.41, 5.74) is 5.04. The molecule has 7 heteroatoms. The molecule has 1 aromatic carbocycles. The first kappa shape index (κ1) is 11.7. The van der Waals surface area contributed by atoms with Crippen LogP contribution in [0, 0.1) is 0 Å². The van der Waals surface area contributed by atoms with Gasteiger partial charge in [-0.05, 0) is 30.3 Å². The fraction of sp³-hybridized carbons (Fsp3) is 0.231. The third-order valence-electron chi connectivity index (χ3n) is 3.12. The third kappa shape index (κ3) is 1.74. The SMILES string of the molecule is CCCc1nnc2n1Nc1nc3ccccc3nc1S2. The van der Waals surface area contributed by atoms with Crippen LogP contribution >= 0.6 is 11.8 Å². The number of hydrogen-bond acceptors (Lipinski definition) is 6. The molecule has 1 N–H and O–H groups in total. The van der Waals surface area contributed by atoms with E-state index >= 15 is 0 Å². The first-order valence-corrected chi connectivity index (χ1v) is 7.33. The molecule has 0 bridgehead atoms. The van der Waals surface area contributed by atoms with Gasteiger partial charge in [0.25, 0.3) is 0 Å². The standard InChI is InChI=1S/C13H12N6S/c1-2-5-10-16-17-13-19(10)18-11-12(20-13)15-9-7-4-3-6-8(9)14-11/h3-4,6-7H,2,5H2,1H3,(H,14,18). The van der Waals surface area contributed by atoms with Crippen molar-refractivity contribution in [2.45, 2.75) is 29.9 Å². The molecule has 0 fully saturated rings. The molecule has 3 aromatic rings. The van der Waals surface area contributed by atoms with Crippen molar-refractivity contribution in [3.8, 4) is 0 Å². The Morgan fingerprint density at radius 1 is 1.15 bits per heavy atom. The Morgan fingerprint density at radius 2 is 1.95 bits per heavy atom. The fourth-order valence-corrected chi connectivity index (χ4v) is 3.01. The van der Waals surface area contributed by atoms with Gasteiger partial charge in [0.1, 0.15) is 5.03 Å². The highest BCUT2D eigenvalue weighted by Crippen LogP contribution is 2.35. The summed E-state index contributed by atoms with van der Waals surface area (Å²) in [6.45, 7) is 2.12. The molecule has 0 radical (unpaired) electrons. The van der Waals surface area contributed by atoms with Crippen LogP contribution in [0.25, 0.3) is 11.0 Å². The summed E-state index contributed by atoms with van der Waals surface area (Å²) in [5.74, 6) is 1.69. The molecular weight excluding hydrogens is 272 g/mol. The number of benzene rings is 1. The molecule has 0 aliphatic carbocycles. The molecule has 0 amide bonds. The van der Waals surface area contributed by atoms with Gasteiger partial charge < -0.3 is 0 Å². The molecule has 0 saturated carbocycles. The van der Waals surface area contributed by atoms with Crippen LogP contribution < -0.4 is 5.43 Å². The summed E-state index contributed by atoms with van der Waals surface area (Å²) >= 11 is 1.50. The number of nitrogens with zero attached hydrogens (tertiary/aromatic N) is 5. The van der Waals surface area contributed by atoms with Gasteiger partial charge in [-0.2, -0.15) is 0 Å². The van der Waals surface area contributed by atoms with Crippen LogP contribution in [0.5, 0.6) is 0 Å². The summed E-state index contributed by atoms with van der Waals surface area (Å²) < 4.78 is 1.90. The summed E-state index contributed by atoms with van der Waals surface area (Å²) in [6, 6.07) is 7.85. The number of anilines is 1. The second kappa shape index (κ2) is 4.45. The molecule has 0 saturated heterocycles. The molecule has 0 atom stereocenters. The lowest BCUT2D eigenvalue weighted by Gasteiger charge is -2.18.